The van der Waals surface area contributed by atoms with Crippen molar-refractivity contribution in [1.82, 2.24) is 14.7 Å². The van der Waals surface area contributed by atoms with Crippen molar-refractivity contribution in [2.45, 2.75) is 57.6 Å². The summed E-state index contributed by atoms with van der Waals surface area (Å²) < 4.78 is 7.63. The Hall–Kier alpha value is -2.37. The number of pyridine rings is 1. The maximum Gasteiger partial charge on any atom is 0.307 e. The Kier molecular flexibility index (Phi) is 3.98. The molecule has 6 heteroatoms. The van der Waals surface area contributed by atoms with Crippen LogP contribution >= 0.6 is 0 Å². The number of nitrogens with one attached hydrogen (secondary N) is 1. The maximum absolute atomic E-state index is 12.7. The van der Waals surface area contributed by atoms with Crippen molar-refractivity contribution in [2.75, 3.05) is 0 Å². The Morgan fingerprint density at radius 2 is 2.16 bits per heavy atom. The lowest BCUT2D eigenvalue weighted by atomic mass is 9.75. The van der Waals surface area contributed by atoms with Gasteiger partial charge in [0.2, 0.25) is 5.91 Å². The maximum atomic E-state index is 12.7. The van der Waals surface area contributed by atoms with E-state index in [1.807, 2.05) is 35.7 Å². The van der Waals surface area contributed by atoms with Crippen LogP contribution in [0.2, 0.25) is 0 Å². The third kappa shape index (κ3) is 2.90. The summed E-state index contributed by atoms with van der Waals surface area (Å²) in [5.41, 5.74) is 2.20. The highest BCUT2D eigenvalue weighted by molar-refractivity contribution is 5.87. The van der Waals surface area contributed by atoms with E-state index in [0.29, 0.717) is 6.54 Å². The molecule has 2 fully saturated rings. The molecule has 6 nitrogen and oxygen atoms in total. The molecule has 0 bridgehead atoms. The van der Waals surface area contributed by atoms with Crippen LogP contribution in [0.3, 0.4) is 0 Å². The van der Waals surface area contributed by atoms with Crippen LogP contribution in [-0.4, -0.2) is 26.9 Å². The van der Waals surface area contributed by atoms with E-state index in [-0.39, 0.29) is 24.2 Å². The number of aromatic nitrogens is 2. The number of nitrogens with zero attached hydrogens (tertiary/aromatic N) is 2. The van der Waals surface area contributed by atoms with E-state index in [9.17, 15) is 9.59 Å². The summed E-state index contributed by atoms with van der Waals surface area (Å²) >= 11 is 0. The summed E-state index contributed by atoms with van der Waals surface area (Å²) in [5, 5.41) is 2.97. The lowest BCUT2D eigenvalue weighted by Gasteiger charge is -2.35. The van der Waals surface area contributed by atoms with Gasteiger partial charge in [-0.15, -0.1) is 0 Å². The van der Waals surface area contributed by atoms with E-state index in [4.69, 9.17) is 4.74 Å². The molecule has 1 spiro atoms. The van der Waals surface area contributed by atoms with Gasteiger partial charge in [-0.25, -0.2) is 4.98 Å². The molecule has 2 aromatic rings. The number of carbonyl (C=O) groups is 2. The summed E-state index contributed by atoms with van der Waals surface area (Å²) in [6.45, 7) is 2.38. The zero-order valence-corrected chi connectivity index (χ0v) is 14.5. The van der Waals surface area contributed by atoms with Gasteiger partial charge in [0.15, 0.2) is 0 Å². The molecule has 2 aliphatic rings. The number of aryl methyl sites for hydroxylation is 1. The first-order valence-electron chi connectivity index (χ1n) is 9.01. The SMILES string of the molecule is Cc1cccc2nc(CNC(=O)C3CC(=O)OC34CCCCC4)cn12. The average Bonchev–Trinajstić information content (AvgIpc) is 3.15. The lowest BCUT2D eigenvalue weighted by molar-refractivity contribution is -0.153. The fraction of sp³-hybridized carbons (Fsp3) is 0.526. The monoisotopic (exact) mass is 341 g/mol. The Balaban J connectivity index is 1.47. The number of hydrogen-bond acceptors (Lipinski definition) is 4. The quantitative estimate of drug-likeness (QED) is 0.871. The molecule has 0 aromatic carbocycles. The first kappa shape index (κ1) is 16.1. The first-order valence-corrected chi connectivity index (χ1v) is 9.01. The van der Waals surface area contributed by atoms with Crippen molar-refractivity contribution in [1.29, 1.82) is 0 Å². The summed E-state index contributed by atoms with van der Waals surface area (Å²) in [6.07, 6.45) is 6.91. The number of ether oxygens (including phenoxy) is 1. The van der Waals surface area contributed by atoms with E-state index >= 15 is 0 Å². The van der Waals surface area contributed by atoms with Gasteiger partial charge in [0.1, 0.15) is 11.2 Å². The summed E-state index contributed by atoms with van der Waals surface area (Å²) in [6, 6.07) is 5.93. The van der Waals surface area contributed by atoms with Gasteiger partial charge >= 0.3 is 5.97 Å². The molecule has 0 radical (unpaired) electrons. The molecule has 1 aliphatic carbocycles. The van der Waals surface area contributed by atoms with Crippen LogP contribution in [0, 0.1) is 12.8 Å². The van der Waals surface area contributed by atoms with Crippen molar-refractivity contribution >= 4 is 17.5 Å². The minimum absolute atomic E-state index is 0.0958. The molecule has 1 saturated carbocycles. The fourth-order valence-electron chi connectivity index (χ4n) is 4.21. The van der Waals surface area contributed by atoms with Gasteiger partial charge in [-0.2, -0.15) is 0 Å². The second kappa shape index (κ2) is 6.17. The predicted molar refractivity (Wildman–Crippen MR) is 91.8 cm³/mol. The smallest absolute Gasteiger partial charge is 0.307 e. The van der Waals surface area contributed by atoms with Gasteiger partial charge in [0.05, 0.1) is 24.6 Å². The molecular formula is C19H23N3O3. The van der Waals surface area contributed by atoms with Crippen molar-refractivity contribution in [3.63, 3.8) is 0 Å². The van der Waals surface area contributed by atoms with Crippen molar-refractivity contribution in [2.24, 2.45) is 5.92 Å². The third-order valence-corrected chi connectivity index (χ3v) is 5.53. The van der Waals surface area contributed by atoms with Crippen LogP contribution in [0.25, 0.3) is 5.65 Å². The number of carbonyl (C=O) groups excluding carboxylic acids is 2. The van der Waals surface area contributed by atoms with Crippen molar-refractivity contribution < 1.29 is 14.3 Å². The zero-order valence-electron chi connectivity index (χ0n) is 14.5. The third-order valence-electron chi connectivity index (χ3n) is 5.53. The van der Waals surface area contributed by atoms with Gasteiger partial charge in [-0.05, 0) is 44.7 Å². The topological polar surface area (TPSA) is 72.7 Å². The average molecular weight is 341 g/mol. The standard InChI is InChI=1S/C19H23N3O3/c1-13-6-5-7-16-21-14(12-22(13)16)11-20-18(24)15-10-17(23)25-19(15)8-3-2-4-9-19/h5-7,12,15H,2-4,8-11H2,1H3,(H,20,24). The second-order valence-corrected chi connectivity index (χ2v) is 7.20. The van der Waals surface area contributed by atoms with E-state index in [1.165, 1.54) is 0 Å². The van der Waals surface area contributed by atoms with E-state index in [0.717, 1.165) is 49.1 Å². The Bertz CT molecular complexity index is 820. The van der Waals surface area contributed by atoms with Crippen LogP contribution in [0.1, 0.15) is 49.9 Å². The van der Waals surface area contributed by atoms with Gasteiger partial charge in [-0.3, -0.25) is 9.59 Å². The molecule has 4 rings (SSSR count). The number of fused-ring (bicyclic) bond motifs is 1. The van der Waals surface area contributed by atoms with Crippen LogP contribution in [0.4, 0.5) is 0 Å². The Morgan fingerprint density at radius 3 is 2.92 bits per heavy atom. The van der Waals surface area contributed by atoms with Crippen molar-refractivity contribution in [3.05, 3.63) is 35.8 Å². The number of esters is 1. The second-order valence-electron chi connectivity index (χ2n) is 7.20. The summed E-state index contributed by atoms with van der Waals surface area (Å²) in [4.78, 5) is 29.1. The molecule has 25 heavy (non-hydrogen) atoms. The lowest BCUT2D eigenvalue weighted by Crippen LogP contribution is -2.45. The molecule has 3 heterocycles. The molecule has 1 unspecified atom stereocenters. The van der Waals surface area contributed by atoms with Gasteiger partial charge < -0.3 is 14.5 Å². The minimum Gasteiger partial charge on any atom is -0.458 e. The largest absolute Gasteiger partial charge is 0.458 e. The molecule has 132 valence electrons. The molecular weight excluding hydrogens is 318 g/mol. The highest BCUT2D eigenvalue weighted by Crippen LogP contribution is 2.44. The van der Waals surface area contributed by atoms with Crippen LogP contribution in [0.15, 0.2) is 24.4 Å². The molecule has 1 amide bonds. The Labute approximate surface area is 146 Å². The van der Waals surface area contributed by atoms with Gasteiger partial charge in [0, 0.05) is 11.9 Å². The fourth-order valence-corrected chi connectivity index (χ4v) is 4.21. The highest BCUT2D eigenvalue weighted by Gasteiger charge is 2.52. The van der Waals surface area contributed by atoms with E-state index < -0.39 is 5.60 Å². The number of rotatable bonds is 3. The van der Waals surface area contributed by atoms with Gasteiger partial charge in [0.25, 0.3) is 0 Å². The minimum atomic E-state index is -0.574. The van der Waals surface area contributed by atoms with Crippen molar-refractivity contribution in [3.8, 4) is 0 Å². The number of amides is 1. The molecule has 1 aliphatic heterocycles. The van der Waals surface area contributed by atoms with Crippen LogP contribution in [-0.2, 0) is 20.9 Å². The molecule has 2 aromatic heterocycles. The number of hydrogen-bond donors (Lipinski definition) is 1. The number of imidazole rings is 1. The van der Waals surface area contributed by atoms with Gasteiger partial charge in [-0.1, -0.05) is 12.5 Å². The highest BCUT2D eigenvalue weighted by atomic mass is 16.6. The molecule has 1 saturated heterocycles. The summed E-state index contributed by atoms with van der Waals surface area (Å²) in [7, 11) is 0. The first-order chi connectivity index (χ1) is 12.1. The van der Waals surface area contributed by atoms with Crippen LogP contribution in [0.5, 0.6) is 0 Å². The molecule has 1 atom stereocenters. The molecule has 1 N–H and O–H groups in total. The van der Waals surface area contributed by atoms with E-state index in [1.54, 1.807) is 0 Å². The van der Waals surface area contributed by atoms with Crippen LogP contribution < -0.4 is 5.32 Å². The normalized spacial score (nSPS) is 22.3. The Morgan fingerprint density at radius 1 is 1.36 bits per heavy atom. The van der Waals surface area contributed by atoms with E-state index in [2.05, 4.69) is 10.3 Å². The summed E-state index contributed by atoms with van der Waals surface area (Å²) in [5.74, 6) is -0.717. The predicted octanol–water partition coefficient (Wildman–Crippen LogP) is 2.52. The zero-order chi connectivity index (χ0) is 17.4.